The molecule has 0 unspecified atom stereocenters. The van der Waals surface area contributed by atoms with Gasteiger partial charge in [0.15, 0.2) is 11.4 Å². The fourth-order valence-corrected chi connectivity index (χ4v) is 3.99. The van der Waals surface area contributed by atoms with Gasteiger partial charge in [-0.1, -0.05) is 6.07 Å². The van der Waals surface area contributed by atoms with Gasteiger partial charge in [0, 0.05) is 44.0 Å². The van der Waals surface area contributed by atoms with Crippen LogP contribution in [-0.4, -0.2) is 48.2 Å². The van der Waals surface area contributed by atoms with E-state index in [1.165, 1.54) is 12.8 Å². The van der Waals surface area contributed by atoms with Gasteiger partial charge in [0.2, 0.25) is 5.95 Å². The molecule has 0 amide bonds. The topological polar surface area (TPSA) is 81.2 Å². The number of nitrogens with zero attached hydrogens (tertiary/aromatic N) is 7. The maximum absolute atomic E-state index is 13.2. The van der Waals surface area contributed by atoms with Crippen molar-refractivity contribution in [3.05, 3.63) is 59.7 Å². The highest BCUT2D eigenvalue weighted by molar-refractivity contribution is 6.01. The van der Waals surface area contributed by atoms with Crippen molar-refractivity contribution < 1.29 is 4.79 Å². The van der Waals surface area contributed by atoms with Gasteiger partial charge in [-0.15, -0.1) is 5.10 Å². The highest BCUT2D eigenvalue weighted by Gasteiger charge is 2.21. The van der Waals surface area contributed by atoms with Gasteiger partial charge in [0.25, 0.3) is 0 Å². The maximum Gasteiger partial charge on any atom is 0.245 e. The smallest absolute Gasteiger partial charge is 0.245 e. The van der Waals surface area contributed by atoms with Gasteiger partial charge in [0.05, 0.1) is 11.9 Å². The molecule has 5 rings (SSSR count). The molecule has 1 fully saturated rings. The normalized spacial score (nSPS) is 14.0. The molecule has 0 atom stereocenters. The number of fused-ring (bicyclic) bond motifs is 1. The summed E-state index contributed by atoms with van der Waals surface area (Å²) in [7, 11) is 1.79. The number of aromatic nitrogens is 6. The van der Waals surface area contributed by atoms with Crippen molar-refractivity contribution in [1.82, 2.24) is 29.4 Å². The van der Waals surface area contributed by atoms with E-state index in [4.69, 9.17) is 0 Å². The van der Waals surface area contributed by atoms with Crippen LogP contribution in [0.15, 0.2) is 42.7 Å². The van der Waals surface area contributed by atoms with Crippen LogP contribution in [0.3, 0.4) is 0 Å². The third-order valence-corrected chi connectivity index (χ3v) is 5.51. The lowest BCUT2D eigenvalue weighted by atomic mass is 10.0. The monoisotopic (exact) mass is 401 g/mol. The second-order valence-corrected chi connectivity index (χ2v) is 7.74. The first-order chi connectivity index (χ1) is 14.6. The van der Waals surface area contributed by atoms with Crippen LogP contribution < -0.4 is 4.90 Å². The summed E-state index contributed by atoms with van der Waals surface area (Å²) in [6.45, 7) is 3.93. The average molecular weight is 401 g/mol. The number of carbonyl (C=O) groups excluding carboxylic acids is 1. The lowest BCUT2D eigenvalue weighted by Crippen LogP contribution is -2.19. The Labute approximate surface area is 174 Å². The first kappa shape index (κ1) is 18.5. The van der Waals surface area contributed by atoms with E-state index in [0.29, 0.717) is 5.69 Å². The van der Waals surface area contributed by atoms with Crippen molar-refractivity contribution in [1.29, 1.82) is 0 Å². The van der Waals surface area contributed by atoms with E-state index in [0.717, 1.165) is 47.2 Å². The minimum atomic E-state index is -0.00284. The molecule has 0 radical (unpaired) electrons. The molecule has 0 aliphatic carbocycles. The molecule has 8 heteroatoms. The summed E-state index contributed by atoms with van der Waals surface area (Å²) >= 11 is 0. The molecule has 4 aromatic rings. The molecule has 8 nitrogen and oxygen atoms in total. The average Bonchev–Trinajstić information content (AvgIpc) is 3.46. The van der Waals surface area contributed by atoms with Crippen LogP contribution in [0, 0.1) is 6.92 Å². The Hall–Kier alpha value is -3.55. The van der Waals surface area contributed by atoms with Crippen LogP contribution in [0.2, 0.25) is 0 Å². The Kier molecular flexibility index (Phi) is 4.54. The predicted octanol–water partition coefficient (Wildman–Crippen LogP) is 2.86. The van der Waals surface area contributed by atoms with Gasteiger partial charge in [-0.2, -0.15) is 10.1 Å². The van der Waals surface area contributed by atoms with Crippen molar-refractivity contribution in [2.75, 3.05) is 18.0 Å². The summed E-state index contributed by atoms with van der Waals surface area (Å²) in [6, 6.07) is 9.64. The first-order valence-electron chi connectivity index (χ1n) is 10.2. The van der Waals surface area contributed by atoms with Gasteiger partial charge in [0.1, 0.15) is 5.69 Å². The van der Waals surface area contributed by atoms with Crippen LogP contribution in [-0.2, 0) is 13.5 Å². The Bertz CT molecular complexity index is 1230. The van der Waals surface area contributed by atoms with E-state index in [1.807, 2.05) is 43.5 Å². The summed E-state index contributed by atoms with van der Waals surface area (Å²) in [6.07, 6.45) is 6.20. The fraction of sp³-hybridized carbons (Fsp3) is 0.318. The molecule has 152 valence electrons. The summed E-state index contributed by atoms with van der Waals surface area (Å²) in [5.41, 5.74) is 4.64. The molecule has 0 bridgehead atoms. The summed E-state index contributed by atoms with van der Waals surface area (Å²) in [5, 5.41) is 8.87. The van der Waals surface area contributed by atoms with Crippen molar-refractivity contribution in [2.45, 2.75) is 26.2 Å². The molecule has 1 aliphatic heterocycles. The maximum atomic E-state index is 13.2. The highest BCUT2D eigenvalue weighted by Crippen LogP contribution is 2.24. The van der Waals surface area contributed by atoms with E-state index in [-0.39, 0.29) is 12.2 Å². The minimum Gasteiger partial charge on any atom is -0.340 e. The van der Waals surface area contributed by atoms with Crippen molar-refractivity contribution in [3.8, 4) is 11.3 Å². The lowest BCUT2D eigenvalue weighted by Gasteiger charge is -2.10. The number of Topliss-reactive ketones (excluding diaryl/α,β-unsaturated/α-hetero) is 1. The largest absolute Gasteiger partial charge is 0.340 e. The molecule has 30 heavy (non-hydrogen) atoms. The van der Waals surface area contributed by atoms with Crippen molar-refractivity contribution in [2.24, 2.45) is 7.05 Å². The molecule has 0 N–H and O–H groups in total. The molecular formula is C22H23N7O. The molecule has 5 heterocycles. The number of pyridine rings is 2. The number of carbonyl (C=O) groups is 1. The quantitative estimate of drug-likeness (QED) is 0.479. The van der Waals surface area contributed by atoms with E-state index < -0.39 is 0 Å². The van der Waals surface area contributed by atoms with Crippen LogP contribution in [0.4, 0.5) is 5.95 Å². The molecule has 1 saturated heterocycles. The summed E-state index contributed by atoms with van der Waals surface area (Å²) < 4.78 is 3.40. The first-order valence-corrected chi connectivity index (χ1v) is 10.2. The lowest BCUT2D eigenvalue weighted by molar-refractivity contribution is 0.0984. The van der Waals surface area contributed by atoms with Crippen LogP contribution >= 0.6 is 0 Å². The van der Waals surface area contributed by atoms with Crippen LogP contribution in [0.25, 0.3) is 16.9 Å². The van der Waals surface area contributed by atoms with Crippen molar-refractivity contribution >= 4 is 17.4 Å². The summed E-state index contributed by atoms with van der Waals surface area (Å²) in [5.74, 6) is 0.757. The number of aryl methyl sites for hydroxylation is 2. The molecule has 4 aromatic heterocycles. The number of ketones is 1. The number of hydrogen-bond acceptors (Lipinski definition) is 6. The number of rotatable bonds is 5. The zero-order valence-electron chi connectivity index (χ0n) is 17.1. The van der Waals surface area contributed by atoms with Gasteiger partial charge in [-0.3, -0.25) is 14.5 Å². The van der Waals surface area contributed by atoms with E-state index >= 15 is 0 Å². The second kappa shape index (κ2) is 7.37. The fourth-order valence-electron chi connectivity index (χ4n) is 3.99. The Balaban J connectivity index is 1.43. The van der Waals surface area contributed by atoms with E-state index in [9.17, 15) is 4.79 Å². The minimum absolute atomic E-state index is 0.00284. The standard InChI is InChI=1S/C22H23N7O/c1-15-6-5-7-18(24-15)17-14-23-27(2)21(17)19(30)12-16-8-11-29-20(13-16)25-22(26-29)28-9-3-4-10-28/h5-8,11,13-14H,3-4,9-10,12H2,1-2H3. The molecule has 0 spiro atoms. The van der Waals surface area contributed by atoms with E-state index in [2.05, 4.69) is 25.1 Å². The summed E-state index contributed by atoms with van der Waals surface area (Å²) in [4.78, 5) is 24.6. The zero-order valence-corrected chi connectivity index (χ0v) is 17.1. The highest BCUT2D eigenvalue weighted by atomic mass is 16.1. The molecule has 1 aliphatic rings. The molecule has 0 saturated carbocycles. The SMILES string of the molecule is Cc1cccc(-c2cnn(C)c2C(=O)Cc2ccn3nc(N4CCCC4)nc3c2)n1. The van der Waals surface area contributed by atoms with Crippen LogP contribution in [0.5, 0.6) is 0 Å². The third-order valence-electron chi connectivity index (χ3n) is 5.51. The van der Waals surface area contributed by atoms with Crippen LogP contribution in [0.1, 0.15) is 34.6 Å². The zero-order chi connectivity index (χ0) is 20.7. The molecule has 0 aromatic carbocycles. The van der Waals surface area contributed by atoms with Gasteiger partial charge in [-0.25, -0.2) is 4.52 Å². The third kappa shape index (κ3) is 3.34. The Morgan fingerprint density at radius 3 is 2.77 bits per heavy atom. The van der Waals surface area contributed by atoms with Gasteiger partial charge >= 0.3 is 0 Å². The van der Waals surface area contributed by atoms with E-state index in [1.54, 1.807) is 22.4 Å². The number of anilines is 1. The molecular weight excluding hydrogens is 378 g/mol. The predicted molar refractivity (Wildman–Crippen MR) is 114 cm³/mol. The Morgan fingerprint density at radius 1 is 1.13 bits per heavy atom. The number of hydrogen-bond donors (Lipinski definition) is 0. The van der Waals surface area contributed by atoms with Gasteiger partial charge < -0.3 is 4.90 Å². The second-order valence-electron chi connectivity index (χ2n) is 7.74. The Morgan fingerprint density at radius 2 is 1.97 bits per heavy atom. The van der Waals surface area contributed by atoms with Gasteiger partial charge in [-0.05, 0) is 49.6 Å². The van der Waals surface area contributed by atoms with Crippen molar-refractivity contribution in [3.63, 3.8) is 0 Å².